The van der Waals surface area contributed by atoms with E-state index in [1.54, 1.807) is 4.90 Å². The molecule has 0 radical (unpaired) electrons. The van der Waals surface area contributed by atoms with Gasteiger partial charge < -0.3 is 24.8 Å². The third kappa shape index (κ3) is 5.76. The van der Waals surface area contributed by atoms with Crippen molar-refractivity contribution < 1.29 is 18.9 Å². The average Bonchev–Trinajstić information content (AvgIpc) is 3.35. The summed E-state index contributed by atoms with van der Waals surface area (Å²) < 4.78 is 12.2. The van der Waals surface area contributed by atoms with Crippen LogP contribution in [0.25, 0.3) is 0 Å². The van der Waals surface area contributed by atoms with Gasteiger partial charge in [-0.1, -0.05) is 38.1 Å². The highest BCUT2D eigenvalue weighted by atomic mass is 16.7. The number of nitrogens with zero attached hydrogens (tertiary/aromatic N) is 1. The molecule has 2 fully saturated rings. The number of likely N-dealkylation sites (tertiary alicyclic amines) is 1. The summed E-state index contributed by atoms with van der Waals surface area (Å²) in [6, 6.07) is 15.2. The third-order valence-electron chi connectivity index (χ3n) is 7.61. The van der Waals surface area contributed by atoms with Crippen LogP contribution in [-0.2, 0) is 14.1 Å². The van der Waals surface area contributed by atoms with Crippen LogP contribution in [0.4, 0.5) is 16.2 Å². The summed E-state index contributed by atoms with van der Waals surface area (Å²) >= 11 is 0. The van der Waals surface area contributed by atoms with Gasteiger partial charge in [0.15, 0.2) is 0 Å². The van der Waals surface area contributed by atoms with E-state index in [9.17, 15) is 9.59 Å². The summed E-state index contributed by atoms with van der Waals surface area (Å²) in [6.07, 6.45) is 1.97. The predicted octanol–water partition coefficient (Wildman–Crippen LogP) is 5.13. The highest BCUT2D eigenvalue weighted by molar-refractivity contribution is 6.62. The lowest BCUT2D eigenvalue weighted by Gasteiger charge is -2.32. The largest absolute Gasteiger partial charge is 0.494 e. The summed E-state index contributed by atoms with van der Waals surface area (Å²) in [5, 5.41) is 5.94. The number of benzene rings is 2. The lowest BCUT2D eigenvalue weighted by Crippen LogP contribution is -2.41. The molecule has 0 saturated carbocycles. The van der Waals surface area contributed by atoms with E-state index in [-0.39, 0.29) is 24.4 Å². The maximum atomic E-state index is 12.9. The zero-order chi connectivity index (χ0) is 26.1. The van der Waals surface area contributed by atoms with E-state index in [0.29, 0.717) is 18.2 Å². The van der Waals surface area contributed by atoms with Gasteiger partial charge in [0.05, 0.1) is 11.2 Å². The van der Waals surface area contributed by atoms with Gasteiger partial charge in [-0.2, -0.15) is 0 Å². The van der Waals surface area contributed by atoms with Crippen LogP contribution in [0.2, 0.25) is 0 Å². The first kappa shape index (κ1) is 26.2. The number of urea groups is 1. The normalized spacial score (nSPS) is 20.6. The molecule has 192 valence electrons. The Kier molecular flexibility index (Phi) is 7.48. The van der Waals surface area contributed by atoms with Gasteiger partial charge in [-0.05, 0) is 81.7 Å². The van der Waals surface area contributed by atoms with Crippen molar-refractivity contribution in [3.63, 3.8) is 0 Å². The molecule has 7 nitrogen and oxygen atoms in total. The molecule has 0 unspecified atom stereocenters. The number of rotatable bonds is 6. The molecule has 2 saturated heterocycles. The molecule has 2 aromatic carbocycles. The Balaban J connectivity index is 1.30. The third-order valence-corrected chi connectivity index (χ3v) is 7.61. The highest BCUT2D eigenvalue weighted by Gasteiger charge is 2.51. The molecule has 2 aliphatic rings. The van der Waals surface area contributed by atoms with Crippen molar-refractivity contribution in [1.29, 1.82) is 0 Å². The fourth-order valence-electron chi connectivity index (χ4n) is 4.59. The molecule has 0 spiro atoms. The van der Waals surface area contributed by atoms with E-state index < -0.39 is 18.3 Å². The molecule has 0 aliphatic carbocycles. The van der Waals surface area contributed by atoms with Crippen molar-refractivity contribution >= 4 is 35.9 Å². The van der Waals surface area contributed by atoms with Gasteiger partial charge in [-0.3, -0.25) is 4.79 Å². The average molecular weight is 491 g/mol. The van der Waals surface area contributed by atoms with Crippen LogP contribution in [0.15, 0.2) is 48.5 Å². The Morgan fingerprint density at radius 1 is 0.944 bits per heavy atom. The molecule has 1 atom stereocenters. The number of carbonyl (C=O) groups excluding carboxylic acids is 2. The van der Waals surface area contributed by atoms with Crippen LogP contribution in [0.1, 0.15) is 72.3 Å². The van der Waals surface area contributed by atoms with Gasteiger partial charge in [0, 0.05) is 30.4 Å². The first-order valence-corrected chi connectivity index (χ1v) is 12.9. The molecule has 2 aliphatic heterocycles. The van der Waals surface area contributed by atoms with Crippen molar-refractivity contribution in [3.8, 4) is 0 Å². The van der Waals surface area contributed by atoms with Crippen LogP contribution >= 0.6 is 0 Å². The number of hydrogen-bond acceptors (Lipinski definition) is 4. The minimum absolute atomic E-state index is 0.107. The van der Waals surface area contributed by atoms with Crippen molar-refractivity contribution in [2.45, 2.75) is 84.0 Å². The molecular formula is C28H38BN3O4. The second kappa shape index (κ2) is 10.3. The van der Waals surface area contributed by atoms with Gasteiger partial charge in [0.25, 0.3) is 0 Å². The summed E-state index contributed by atoms with van der Waals surface area (Å²) in [5.74, 6) is 0.334. The Morgan fingerprint density at radius 3 is 2.08 bits per heavy atom. The van der Waals surface area contributed by atoms with Gasteiger partial charge >= 0.3 is 13.1 Å². The highest BCUT2D eigenvalue weighted by Crippen LogP contribution is 2.36. The lowest BCUT2D eigenvalue weighted by molar-refractivity contribution is -0.117. The van der Waals surface area contributed by atoms with Gasteiger partial charge in [-0.15, -0.1) is 0 Å². The van der Waals surface area contributed by atoms with Crippen LogP contribution in [-0.4, -0.2) is 47.7 Å². The molecule has 36 heavy (non-hydrogen) atoms. The van der Waals surface area contributed by atoms with Crippen LogP contribution in [0.3, 0.4) is 0 Å². The Hall–Kier alpha value is -2.84. The van der Waals surface area contributed by atoms with Crippen molar-refractivity contribution in [3.05, 3.63) is 54.1 Å². The lowest BCUT2D eigenvalue weighted by atomic mass is 9.79. The number of hydrogen-bond donors (Lipinski definition) is 2. The van der Waals surface area contributed by atoms with Crippen molar-refractivity contribution in [2.24, 2.45) is 0 Å². The van der Waals surface area contributed by atoms with E-state index >= 15 is 0 Å². The quantitative estimate of drug-likeness (QED) is 0.549. The van der Waals surface area contributed by atoms with E-state index in [1.165, 1.54) is 5.56 Å². The molecule has 2 aromatic rings. The smallest absolute Gasteiger partial charge is 0.399 e. The van der Waals surface area contributed by atoms with E-state index in [4.69, 9.17) is 9.31 Å². The van der Waals surface area contributed by atoms with Crippen molar-refractivity contribution in [2.75, 3.05) is 17.2 Å². The second-order valence-electron chi connectivity index (χ2n) is 11.2. The summed E-state index contributed by atoms with van der Waals surface area (Å²) in [6.45, 7) is 13.0. The monoisotopic (exact) mass is 491 g/mol. The second-order valence-corrected chi connectivity index (χ2v) is 11.2. The number of nitrogens with one attached hydrogen (secondary N) is 2. The minimum Gasteiger partial charge on any atom is -0.399 e. The SMILES string of the molecule is CC(C)c1ccc(NC(=O)N2CCC[C@@H]2CC(=O)Nc2ccc(B3OC(C)(C)C(C)(C)O3)cc2)cc1. The summed E-state index contributed by atoms with van der Waals surface area (Å²) in [7, 11) is -0.438. The fraction of sp³-hybridized carbons (Fsp3) is 0.500. The molecule has 3 amide bonds. The van der Waals surface area contributed by atoms with Crippen LogP contribution in [0, 0.1) is 0 Å². The number of carbonyl (C=O) groups is 2. The van der Waals surface area contributed by atoms with E-state index in [2.05, 4.69) is 24.5 Å². The molecule has 2 heterocycles. The van der Waals surface area contributed by atoms with E-state index in [1.807, 2.05) is 76.2 Å². The molecule has 0 bridgehead atoms. The predicted molar refractivity (Wildman–Crippen MR) is 145 cm³/mol. The summed E-state index contributed by atoms with van der Waals surface area (Å²) in [5.41, 5.74) is 2.81. The first-order chi connectivity index (χ1) is 16.9. The zero-order valence-electron chi connectivity index (χ0n) is 22.3. The molecule has 8 heteroatoms. The van der Waals surface area contributed by atoms with Crippen LogP contribution in [0.5, 0.6) is 0 Å². The maximum Gasteiger partial charge on any atom is 0.494 e. The van der Waals surface area contributed by atoms with Crippen molar-refractivity contribution in [1.82, 2.24) is 4.90 Å². The Morgan fingerprint density at radius 2 is 1.50 bits per heavy atom. The molecular weight excluding hydrogens is 453 g/mol. The van der Waals surface area contributed by atoms with Gasteiger partial charge in [0.1, 0.15) is 0 Å². The summed E-state index contributed by atoms with van der Waals surface area (Å²) in [4.78, 5) is 27.5. The number of anilines is 2. The standard InChI is InChI=1S/C28H38BN3O4/c1-19(2)20-9-13-23(14-10-20)31-26(34)32-17-7-8-24(32)18-25(33)30-22-15-11-21(12-16-22)29-35-27(3,4)28(5,6)36-29/h9-16,19,24H,7-8,17-18H2,1-6H3,(H,30,33)(H,31,34)/t24-/m1/s1. The molecule has 4 rings (SSSR count). The fourth-order valence-corrected chi connectivity index (χ4v) is 4.59. The van der Waals surface area contributed by atoms with Crippen LogP contribution < -0.4 is 16.1 Å². The topological polar surface area (TPSA) is 79.9 Å². The maximum absolute atomic E-state index is 12.9. The van der Waals surface area contributed by atoms with Gasteiger partial charge in [-0.25, -0.2) is 4.79 Å². The molecule has 2 N–H and O–H groups in total. The van der Waals surface area contributed by atoms with Gasteiger partial charge in [0.2, 0.25) is 5.91 Å². The Bertz CT molecular complexity index is 1070. The zero-order valence-corrected chi connectivity index (χ0v) is 22.3. The minimum atomic E-state index is -0.438. The molecule has 0 aromatic heterocycles. The van der Waals surface area contributed by atoms with E-state index in [0.717, 1.165) is 24.0 Å². The Labute approximate surface area is 215 Å². The number of amides is 3. The first-order valence-electron chi connectivity index (χ1n) is 12.9.